The molecule has 12 heteroatoms. The average Bonchev–Trinajstić information content (AvgIpc) is 3.24. The van der Waals surface area contributed by atoms with Crippen LogP contribution < -0.4 is 4.74 Å². The van der Waals surface area contributed by atoms with Crippen molar-refractivity contribution in [3.8, 4) is 5.75 Å². The van der Waals surface area contributed by atoms with E-state index in [1.165, 1.54) is 96.3 Å². The van der Waals surface area contributed by atoms with Crippen LogP contribution in [-0.2, 0) is 52.1 Å². The second kappa shape index (κ2) is 49.9. The van der Waals surface area contributed by atoms with Crippen molar-refractivity contribution in [1.29, 1.82) is 0 Å². The summed E-state index contributed by atoms with van der Waals surface area (Å²) < 4.78 is 66.5. The molecule has 0 aliphatic carbocycles. The van der Waals surface area contributed by atoms with Gasteiger partial charge >= 0.3 is 0 Å². The van der Waals surface area contributed by atoms with Gasteiger partial charge in [0.15, 0.2) is 0 Å². The van der Waals surface area contributed by atoms with Gasteiger partial charge in [0.05, 0.1) is 139 Å². The van der Waals surface area contributed by atoms with Gasteiger partial charge in [-0.1, -0.05) is 121 Å². The Morgan fingerprint density at radius 1 is 0.241 bits per heavy atom. The lowest BCUT2D eigenvalue weighted by Gasteiger charge is -2.09. The molecule has 0 unspecified atom stereocenters. The largest absolute Gasteiger partial charge is 0.491 e. The fraction of sp³-hybridized carbons (Fsp3) is 0.870. The van der Waals surface area contributed by atoms with Crippen LogP contribution in [0.15, 0.2) is 30.3 Å². The molecule has 1 aromatic rings. The van der Waals surface area contributed by atoms with E-state index in [2.05, 4.69) is 6.92 Å². The Balaban J connectivity index is 1.59. The van der Waals surface area contributed by atoms with Crippen LogP contribution in [0, 0.1) is 0 Å². The first-order chi connectivity index (χ1) is 28.9. The van der Waals surface area contributed by atoms with Crippen molar-refractivity contribution in [2.45, 2.75) is 110 Å². The highest BCUT2D eigenvalue weighted by Gasteiger charge is 1.99. The molecule has 0 fully saturated rings. The predicted octanol–water partition coefficient (Wildman–Crippen LogP) is 8.51. The van der Waals surface area contributed by atoms with Gasteiger partial charge in [0.2, 0.25) is 0 Å². The Morgan fingerprint density at radius 3 is 0.741 bits per heavy atom. The molecule has 0 atom stereocenters. The average molecular weight is 831 g/mol. The van der Waals surface area contributed by atoms with E-state index < -0.39 is 0 Å². The molecule has 0 aromatic heterocycles. The number of hydrogen-bond donors (Lipinski definition) is 0. The van der Waals surface area contributed by atoms with E-state index in [4.69, 9.17) is 56.8 Å². The summed E-state index contributed by atoms with van der Waals surface area (Å²) in [6, 6.07) is 9.69. The van der Waals surface area contributed by atoms with Crippen LogP contribution in [-0.4, -0.2) is 152 Å². The third kappa shape index (κ3) is 45.7. The number of ether oxygens (including phenoxy) is 12. The van der Waals surface area contributed by atoms with Crippen molar-refractivity contribution >= 4 is 0 Å². The molecule has 0 saturated carbocycles. The molecule has 0 aliphatic heterocycles. The van der Waals surface area contributed by atoms with Crippen LogP contribution in [0.2, 0.25) is 0 Å². The van der Waals surface area contributed by atoms with E-state index >= 15 is 0 Å². The zero-order valence-electron chi connectivity index (χ0n) is 36.9. The standard InChI is InChI=1S/C46H86O12/c1-2-3-4-5-6-7-8-9-10-11-12-13-14-15-16-20-23-47-24-25-48-26-27-49-28-29-50-30-31-51-32-33-52-34-35-53-36-37-54-38-39-55-40-41-56-42-43-57-44-45-58-46-21-18-17-19-22-46/h17-19,21-22H,2-16,20,23-45H2,1H3. The van der Waals surface area contributed by atoms with E-state index in [1.807, 2.05) is 30.3 Å². The fourth-order valence-corrected chi connectivity index (χ4v) is 5.79. The molecule has 0 saturated heterocycles. The first-order valence-electron chi connectivity index (χ1n) is 23.0. The van der Waals surface area contributed by atoms with Gasteiger partial charge in [-0.15, -0.1) is 0 Å². The summed E-state index contributed by atoms with van der Waals surface area (Å²) in [4.78, 5) is 0. The van der Waals surface area contributed by atoms with Crippen molar-refractivity contribution in [1.82, 2.24) is 0 Å². The molecule has 0 bridgehead atoms. The van der Waals surface area contributed by atoms with Gasteiger partial charge < -0.3 is 56.8 Å². The molecule has 0 amide bonds. The van der Waals surface area contributed by atoms with Gasteiger partial charge in [-0.25, -0.2) is 0 Å². The normalized spacial score (nSPS) is 11.5. The van der Waals surface area contributed by atoms with Crippen LogP contribution in [0.25, 0.3) is 0 Å². The lowest BCUT2D eigenvalue weighted by Crippen LogP contribution is -2.15. The molecule has 0 N–H and O–H groups in total. The van der Waals surface area contributed by atoms with Crippen LogP contribution in [0.5, 0.6) is 5.75 Å². The van der Waals surface area contributed by atoms with E-state index in [0.29, 0.717) is 145 Å². The van der Waals surface area contributed by atoms with Gasteiger partial charge in [0.1, 0.15) is 12.4 Å². The molecule has 0 heterocycles. The monoisotopic (exact) mass is 831 g/mol. The summed E-state index contributed by atoms with van der Waals surface area (Å²) in [7, 11) is 0. The van der Waals surface area contributed by atoms with Crippen LogP contribution >= 0.6 is 0 Å². The first kappa shape index (κ1) is 54.6. The molecule has 0 radical (unpaired) electrons. The topological polar surface area (TPSA) is 111 Å². The SMILES string of the molecule is CCCCCCCCCCCCCCCCCCOCCOCCOCCOCCOCCOCCOCCOCCOCCOCCOCCOc1ccccc1. The quantitative estimate of drug-likeness (QED) is 0.0588. The van der Waals surface area contributed by atoms with Crippen molar-refractivity contribution in [3.05, 3.63) is 30.3 Å². The number of para-hydroxylation sites is 1. The van der Waals surface area contributed by atoms with Crippen molar-refractivity contribution < 1.29 is 56.8 Å². The Hall–Kier alpha value is -1.42. The number of unbranched alkanes of at least 4 members (excludes halogenated alkanes) is 15. The first-order valence-corrected chi connectivity index (χ1v) is 23.0. The molecule has 342 valence electrons. The van der Waals surface area contributed by atoms with E-state index in [-0.39, 0.29) is 0 Å². The molecule has 0 spiro atoms. The van der Waals surface area contributed by atoms with Gasteiger partial charge in [0, 0.05) is 6.61 Å². The van der Waals surface area contributed by atoms with E-state index in [1.54, 1.807) is 0 Å². The Bertz CT molecular complexity index is 868. The Morgan fingerprint density at radius 2 is 0.466 bits per heavy atom. The van der Waals surface area contributed by atoms with Crippen molar-refractivity contribution in [2.75, 3.05) is 152 Å². The lowest BCUT2D eigenvalue weighted by atomic mass is 10.0. The number of benzene rings is 1. The van der Waals surface area contributed by atoms with E-state index in [9.17, 15) is 0 Å². The minimum absolute atomic E-state index is 0.516. The minimum Gasteiger partial charge on any atom is -0.491 e. The highest BCUT2D eigenvalue weighted by molar-refractivity contribution is 5.20. The summed E-state index contributed by atoms with van der Waals surface area (Å²) in [5.41, 5.74) is 0. The van der Waals surface area contributed by atoms with Crippen molar-refractivity contribution in [2.24, 2.45) is 0 Å². The summed E-state index contributed by atoms with van der Waals surface area (Å²) in [6.07, 6.45) is 22.2. The molecule has 0 aliphatic rings. The Labute approximate surface area is 353 Å². The Kier molecular flexibility index (Phi) is 47.0. The molecule has 1 aromatic carbocycles. The zero-order valence-corrected chi connectivity index (χ0v) is 36.9. The second-order valence-corrected chi connectivity index (χ2v) is 14.2. The number of rotatable bonds is 51. The molecule has 58 heavy (non-hydrogen) atoms. The summed E-state index contributed by atoms with van der Waals surface area (Å²) >= 11 is 0. The maximum atomic E-state index is 5.70. The maximum absolute atomic E-state index is 5.70. The van der Waals surface area contributed by atoms with Gasteiger partial charge in [0.25, 0.3) is 0 Å². The van der Waals surface area contributed by atoms with Gasteiger partial charge in [-0.2, -0.15) is 0 Å². The molecule has 1 rings (SSSR count). The number of hydrogen-bond acceptors (Lipinski definition) is 12. The summed E-state index contributed by atoms with van der Waals surface area (Å²) in [5, 5.41) is 0. The summed E-state index contributed by atoms with van der Waals surface area (Å²) in [6.45, 7) is 14.9. The summed E-state index contributed by atoms with van der Waals surface area (Å²) in [5.74, 6) is 0.847. The van der Waals surface area contributed by atoms with Crippen LogP contribution in [0.4, 0.5) is 0 Å². The highest BCUT2D eigenvalue weighted by atomic mass is 16.6. The van der Waals surface area contributed by atoms with Crippen LogP contribution in [0.3, 0.4) is 0 Å². The maximum Gasteiger partial charge on any atom is 0.119 e. The van der Waals surface area contributed by atoms with Gasteiger partial charge in [-0.05, 0) is 18.6 Å². The molecular formula is C46H86O12. The lowest BCUT2D eigenvalue weighted by molar-refractivity contribution is -0.0277. The van der Waals surface area contributed by atoms with Gasteiger partial charge in [-0.3, -0.25) is 0 Å². The third-order valence-electron chi connectivity index (χ3n) is 9.10. The van der Waals surface area contributed by atoms with Crippen LogP contribution in [0.1, 0.15) is 110 Å². The molecular weight excluding hydrogens is 744 g/mol. The van der Waals surface area contributed by atoms with Crippen molar-refractivity contribution in [3.63, 3.8) is 0 Å². The van der Waals surface area contributed by atoms with E-state index in [0.717, 1.165) is 18.8 Å². The highest BCUT2D eigenvalue weighted by Crippen LogP contribution is 2.14. The zero-order chi connectivity index (χ0) is 41.2. The predicted molar refractivity (Wildman–Crippen MR) is 230 cm³/mol. The smallest absolute Gasteiger partial charge is 0.119 e. The fourth-order valence-electron chi connectivity index (χ4n) is 5.79. The second-order valence-electron chi connectivity index (χ2n) is 14.2. The minimum atomic E-state index is 0.516. The third-order valence-corrected chi connectivity index (χ3v) is 9.10. The molecule has 12 nitrogen and oxygen atoms in total.